The van der Waals surface area contributed by atoms with Crippen LogP contribution in [0.15, 0.2) is 24.7 Å². The van der Waals surface area contributed by atoms with E-state index in [0.717, 1.165) is 5.39 Å². The van der Waals surface area contributed by atoms with Crippen molar-refractivity contribution < 1.29 is 9.53 Å². The number of carbonyl (C=O) groups excluding carboxylic acids is 1. The van der Waals surface area contributed by atoms with Crippen LogP contribution in [0.4, 0.5) is 4.79 Å². The minimum atomic E-state index is -0.530. The maximum absolute atomic E-state index is 11.8. The molecule has 0 aliphatic carbocycles. The maximum atomic E-state index is 11.8. The van der Waals surface area contributed by atoms with Gasteiger partial charge in [-0.2, -0.15) is 9.78 Å². The van der Waals surface area contributed by atoms with Crippen molar-refractivity contribution in [3.8, 4) is 0 Å². The third-order valence-electron chi connectivity index (χ3n) is 1.94. The number of ether oxygens (including phenoxy) is 1. The van der Waals surface area contributed by atoms with Gasteiger partial charge in [-0.05, 0) is 26.8 Å². The molecule has 0 atom stereocenters. The second-order valence-corrected chi connectivity index (χ2v) is 4.47. The number of pyridine rings is 1. The topological polar surface area (TPSA) is 57.0 Å². The Kier molecular flexibility index (Phi) is 2.38. The number of rotatable bonds is 0. The van der Waals surface area contributed by atoms with Gasteiger partial charge in [0, 0.05) is 11.6 Å². The summed E-state index contributed by atoms with van der Waals surface area (Å²) >= 11 is 0. The Morgan fingerprint density at radius 3 is 2.81 bits per heavy atom. The van der Waals surface area contributed by atoms with Crippen LogP contribution >= 0.6 is 0 Å². The zero-order chi connectivity index (χ0) is 11.8. The molecule has 0 amide bonds. The number of aromatic nitrogens is 3. The Morgan fingerprint density at radius 1 is 1.38 bits per heavy atom. The molecule has 0 fully saturated rings. The summed E-state index contributed by atoms with van der Waals surface area (Å²) in [5.74, 6) is 0. The fraction of sp³-hybridized carbons (Fsp3) is 0.364. The minimum absolute atomic E-state index is 0.490. The number of hydrogen-bond acceptors (Lipinski definition) is 4. The van der Waals surface area contributed by atoms with E-state index in [0.29, 0.717) is 5.52 Å². The lowest BCUT2D eigenvalue weighted by molar-refractivity contribution is 0.0522. The lowest BCUT2D eigenvalue weighted by atomic mass is 10.2. The van der Waals surface area contributed by atoms with E-state index in [1.807, 2.05) is 20.8 Å². The summed E-state index contributed by atoms with van der Waals surface area (Å²) in [6.07, 6.45) is 4.37. The minimum Gasteiger partial charge on any atom is -0.442 e. The molecule has 2 aromatic rings. The molecule has 0 spiro atoms. The summed E-state index contributed by atoms with van der Waals surface area (Å²) in [4.78, 5) is 15.7. The van der Waals surface area contributed by atoms with E-state index in [-0.39, 0.29) is 0 Å². The van der Waals surface area contributed by atoms with Gasteiger partial charge < -0.3 is 4.74 Å². The molecule has 5 heteroatoms. The highest BCUT2D eigenvalue weighted by molar-refractivity contribution is 5.86. The van der Waals surface area contributed by atoms with Gasteiger partial charge in [-0.3, -0.25) is 4.98 Å². The van der Waals surface area contributed by atoms with E-state index in [1.54, 1.807) is 24.7 Å². The van der Waals surface area contributed by atoms with Gasteiger partial charge in [0.1, 0.15) is 5.60 Å². The van der Waals surface area contributed by atoms with Crippen molar-refractivity contribution in [2.75, 3.05) is 0 Å². The Bertz CT molecular complexity index is 525. The van der Waals surface area contributed by atoms with Crippen LogP contribution in [-0.4, -0.2) is 26.5 Å². The van der Waals surface area contributed by atoms with Gasteiger partial charge >= 0.3 is 6.09 Å². The van der Waals surface area contributed by atoms with E-state index in [4.69, 9.17) is 4.74 Å². The van der Waals surface area contributed by atoms with Crippen LogP contribution in [0.1, 0.15) is 20.8 Å². The predicted molar refractivity (Wildman–Crippen MR) is 59.2 cm³/mol. The molecular weight excluding hydrogens is 206 g/mol. The molecule has 2 heterocycles. The van der Waals surface area contributed by atoms with Crippen molar-refractivity contribution in [2.24, 2.45) is 0 Å². The van der Waals surface area contributed by atoms with Crippen molar-refractivity contribution >= 4 is 17.0 Å². The SMILES string of the molecule is CC(C)(C)OC(=O)n1ncc2ccncc21. The molecule has 0 unspecified atom stereocenters. The largest absolute Gasteiger partial charge is 0.442 e. The molecule has 0 bridgehead atoms. The first-order valence-corrected chi connectivity index (χ1v) is 4.98. The van der Waals surface area contributed by atoms with Crippen molar-refractivity contribution in [1.29, 1.82) is 0 Å². The Labute approximate surface area is 93.0 Å². The summed E-state index contributed by atoms with van der Waals surface area (Å²) in [6.45, 7) is 5.44. The van der Waals surface area contributed by atoms with E-state index >= 15 is 0 Å². The van der Waals surface area contributed by atoms with Gasteiger partial charge in [0.05, 0.1) is 17.9 Å². The van der Waals surface area contributed by atoms with Gasteiger partial charge in [-0.15, -0.1) is 0 Å². The van der Waals surface area contributed by atoms with Crippen LogP contribution in [0.25, 0.3) is 10.9 Å². The van der Waals surface area contributed by atoms with Crippen LogP contribution in [0.2, 0.25) is 0 Å². The van der Waals surface area contributed by atoms with Gasteiger partial charge in [0.15, 0.2) is 0 Å². The molecule has 0 saturated heterocycles. The molecule has 0 saturated carbocycles. The van der Waals surface area contributed by atoms with Gasteiger partial charge in [0.2, 0.25) is 0 Å². The number of fused-ring (bicyclic) bond motifs is 1. The third-order valence-corrected chi connectivity index (χ3v) is 1.94. The fourth-order valence-electron chi connectivity index (χ4n) is 1.32. The normalized spacial score (nSPS) is 11.7. The average Bonchev–Trinajstić information content (AvgIpc) is 2.58. The zero-order valence-corrected chi connectivity index (χ0v) is 9.47. The maximum Gasteiger partial charge on any atom is 0.435 e. The number of hydrogen-bond donors (Lipinski definition) is 0. The van der Waals surface area contributed by atoms with E-state index in [9.17, 15) is 4.79 Å². The molecule has 2 rings (SSSR count). The molecule has 0 aliphatic rings. The summed E-state index contributed by atoms with van der Waals surface area (Å²) in [5, 5.41) is 4.84. The van der Waals surface area contributed by atoms with Crippen molar-refractivity contribution in [1.82, 2.24) is 14.8 Å². The first-order valence-electron chi connectivity index (χ1n) is 4.98. The van der Waals surface area contributed by atoms with E-state index in [2.05, 4.69) is 10.1 Å². The second-order valence-electron chi connectivity index (χ2n) is 4.47. The van der Waals surface area contributed by atoms with Crippen molar-refractivity contribution in [3.63, 3.8) is 0 Å². The van der Waals surface area contributed by atoms with Gasteiger partial charge in [-0.1, -0.05) is 0 Å². The van der Waals surface area contributed by atoms with E-state index < -0.39 is 11.7 Å². The van der Waals surface area contributed by atoms with E-state index in [1.165, 1.54) is 4.68 Å². The summed E-state index contributed by atoms with van der Waals surface area (Å²) in [7, 11) is 0. The first kappa shape index (κ1) is 10.6. The smallest absolute Gasteiger partial charge is 0.435 e. The summed E-state index contributed by atoms with van der Waals surface area (Å²) in [6, 6.07) is 1.79. The Morgan fingerprint density at radius 2 is 2.12 bits per heavy atom. The summed E-state index contributed by atoms with van der Waals surface area (Å²) in [5.41, 5.74) is 0.120. The predicted octanol–water partition coefficient (Wildman–Crippen LogP) is 2.21. The fourth-order valence-corrected chi connectivity index (χ4v) is 1.32. The second kappa shape index (κ2) is 3.59. The highest BCUT2D eigenvalue weighted by atomic mass is 16.6. The van der Waals surface area contributed by atoms with Gasteiger partial charge in [-0.25, -0.2) is 4.79 Å². The Balaban J connectivity index is 2.37. The number of carbonyl (C=O) groups is 1. The van der Waals surface area contributed by atoms with Crippen LogP contribution in [-0.2, 0) is 4.74 Å². The molecule has 0 aromatic carbocycles. The molecule has 84 valence electrons. The molecule has 16 heavy (non-hydrogen) atoms. The first-order chi connectivity index (χ1) is 7.47. The molecule has 0 radical (unpaired) electrons. The molecular formula is C11H13N3O2. The van der Waals surface area contributed by atoms with Gasteiger partial charge in [0.25, 0.3) is 0 Å². The highest BCUT2D eigenvalue weighted by Gasteiger charge is 2.19. The van der Waals surface area contributed by atoms with Crippen LogP contribution in [0, 0.1) is 0 Å². The third kappa shape index (κ3) is 2.03. The van der Waals surface area contributed by atoms with Crippen LogP contribution < -0.4 is 0 Å². The standard InChI is InChI=1S/C11H13N3O2/c1-11(2,3)16-10(15)14-9-7-12-5-4-8(9)6-13-14/h4-7H,1-3H3. The summed E-state index contributed by atoms with van der Waals surface area (Å²) < 4.78 is 6.44. The molecule has 5 nitrogen and oxygen atoms in total. The quantitative estimate of drug-likeness (QED) is 0.681. The Hall–Kier alpha value is -1.91. The number of nitrogens with zero attached hydrogens (tertiary/aromatic N) is 3. The molecule has 0 N–H and O–H groups in total. The molecule has 2 aromatic heterocycles. The lowest BCUT2D eigenvalue weighted by Gasteiger charge is -2.19. The monoisotopic (exact) mass is 219 g/mol. The van der Waals surface area contributed by atoms with Crippen LogP contribution in [0.5, 0.6) is 0 Å². The lowest BCUT2D eigenvalue weighted by Crippen LogP contribution is -2.27. The van der Waals surface area contributed by atoms with Crippen molar-refractivity contribution in [3.05, 3.63) is 24.7 Å². The average molecular weight is 219 g/mol. The zero-order valence-electron chi connectivity index (χ0n) is 9.47. The van der Waals surface area contributed by atoms with Crippen molar-refractivity contribution in [2.45, 2.75) is 26.4 Å². The molecule has 0 aliphatic heterocycles. The highest BCUT2D eigenvalue weighted by Crippen LogP contribution is 2.14. The van der Waals surface area contributed by atoms with Crippen LogP contribution in [0.3, 0.4) is 0 Å².